The normalized spacial score (nSPS) is 18.2. The van der Waals surface area contributed by atoms with Crippen LogP contribution in [0.15, 0.2) is 0 Å². The van der Waals surface area contributed by atoms with Crippen molar-refractivity contribution < 1.29 is 23.9 Å². The molecule has 1 N–H and O–H groups in total. The molecule has 7 nitrogen and oxygen atoms in total. The van der Waals surface area contributed by atoms with Gasteiger partial charge in [-0.1, -0.05) is 0 Å². The quantitative estimate of drug-likeness (QED) is 0.634. The second kappa shape index (κ2) is 6.95. The molecular formula is C11H18N2O5. The zero-order valence-corrected chi connectivity index (χ0v) is 10.6. The average Bonchev–Trinajstić information content (AvgIpc) is 2.88. The number of carbonyl (C=O) groups is 3. The molecule has 18 heavy (non-hydrogen) atoms. The lowest BCUT2D eigenvalue weighted by Gasteiger charge is -2.16. The van der Waals surface area contributed by atoms with Gasteiger partial charge in [-0.2, -0.15) is 0 Å². The van der Waals surface area contributed by atoms with Crippen LogP contribution in [0.2, 0.25) is 0 Å². The minimum Gasteiger partial charge on any atom is -0.454 e. The second-order valence-electron chi connectivity index (χ2n) is 4.03. The summed E-state index contributed by atoms with van der Waals surface area (Å²) >= 11 is 0. The number of hydrogen-bond acceptors (Lipinski definition) is 5. The Kier molecular flexibility index (Phi) is 5.57. The Morgan fingerprint density at radius 2 is 2.17 bits per heavy atom. The van der Waals surface area contributed by atoms with Crippen LogP contribution in [0.1, 0.15) is 12.8 Å². The van der Waals surface area contributed by atoms with Crippen molar-refractivity contribution in [3.05, 3.63) is 0 Å². The maximum Gasteiger partial charge on any atom is 0.335 e. The molecule has 1 aliphatic heterocycles. The Morgan fingerprint density at radius 1 is 1.44 bits per heavy atom. The van der Waals surface area contributed by atoms with Gasteiger partial charge in [0.2, 0.25) is 5.91 Å². The van der Waals surface area contributed by atoms with Crippen molar-refractivity contribution in [1.29, 1.82) is 0 Å². The predicted octanol–water partition coefficient (Wildman–Crippen LogP) is -1.09. The summed E-state index contributed by atoms with van der Waals surface area (Å²) in [7, 11) is 2.95. The van der Waals surface area contributed by atoms with E-state index < -0.39 is 18.0 Å². The Bertz CT molecular complexity index is 325. The summed E-state index contributed by atoms with van der Waals surface area (Å²) in [6, 6.07) is 0. The summed E-state index contributed by atoms with van der Waals surface area (Å²) in [6.07, 6.45) is 0.896. The Labute approximate surface area is 105 Å². The Balaban J connectivity index is 2.27. The fourth-order valence-corrected chi connectivity index (χ4v) is 1.48. The van der Waals surface area contributed by atoms with Gasteiger partial charge >= 0.3 is 5.97 Å². The predicted molar refractivity (Wildman–Crippen MR) is 61.6 cm³/mol. The Hall–Kier alpha value is -1.63. The molecule has 1 atom stereocenters. The van der Waals surface area contributed by atoms with E-state index in [9.17, 15) is 14.4 Å². The summed E-state index contributed by atoms with van der Waals surface area (Å²) < 4.78 is 9.96. The van der Waals surface area contributed by atoms with Crippen LogP contribution >= 0.6 is 0 Å². The third kappa shape index (κ3) is 4.33. The molecule has 0 unspecified atom stereocenters. The third-order valence-electron chi connectivity index (χ3n) is 2.62. The minimum atomic E-state index is -0.554. The summed E-state index contributed by atoms with van der Waals surface area (Å²) in [5, 5.41) is 2.40. The van der Waals surface area contributed by atoms with Gasteiger partial charge in [0.1, 0.15) is 0 Å². The average molecular weight is 258 g/mol. The van der Waals surface area contributed by atoms with Gasteiger partial charge in [0.15, 0.2) is 12.7 Å². The van der Waals surface area contributed by atoms with Gasteiger partial charge in [-0.05, 0) is 12.8 Å². The van der Waals surface area contributed by atoms with Crippen molar-refractivity contribution in [2.75, 3.05) is 33.9 Å². The highest BCUT2D eigenvalue weighted by Crippen LogP contribution is 2.13. The zero-order valence-electron chi connectivity index (χ0n) is 10.6. The lowest BCUT2D eigenvalue weighted by molar-refractivity contribution is -0.159. The third-order valence-corrected chi connectivity index (χ3v) is 2.62. The molecule has 1 aliphatic rings. The fraction of sp³-hybridized carbons (Fsp3) is 0.727. The topological polar surface area (TPSA) is 84.9 Å². The van der Waals surface area contributed by atoms with Crippen LogP contribution < -0.4 is 5.32 Å². The van der Waals surface area contributed by atoms with E-state index >= 15 is 0 Å². The van der Waals surface area contributed by atoms with Crippen molar-refractivity contribution in [2.45, 2.75) is 18.9 Å². The van der Waals surface area contributed by atoms with Crippen LogP contribution in [-0.4, -0.2) is 62.6 Å². The second-order valence-corrected chi connectivity index (χ2v) is 4.03. The van der Waals surface area contributed by atoms with E-state index in [-0.39, 0.29) is 19.1 Å². The van der Waals surface area contributed by atoms with Gasteiger partial charge in [0, 0.05) is 20.7 Å². The van der Waals surface area contributed by atoms with Crippen molar-refractivity contribution in [1.82, 2.24) is 10.2 Å². The molecule has 1 fully saturated rings. The first kappa shape index (κ1) is 14.4. The lowest BCUT2D eigenvalue weighted by Crippen LogP contribution is -2.39. The van der Waals surface area contributed by atoms with E-state index in [4.69, 9.17) is 9.47 Å². The number of esters is 1. The largest absolute Gasteiger partial charge is 0.454 e. The highest BCUT2D eigenvalue weighted by Gasteiger charge is 2.26. The van der Waals surface area contributed by atoms with Gasteiger partial charge in [-0.25, -0.2) is 4.79 Å². The van der Waals surface area contributed by atoms with Crippen molar-refractivity contribution >= 4 is 17.8 Å². The van der Waals surface area contributed by atoms with Crippen LogP contribution in [0.4, 0.5) is 0 Å². The molecule has 0 aromatic rings. The maximum absolute atomic E-state index is 11.5. The number of ether oxygens (including phenoxy) is 2. The van der Waals surface area contributed by atoms with E-state index in [1.54, 1.807) is 0 Å². The Morgan fingerprint density at radius 3 is 2.72 bits per heavy atom. The first-order valence-corrected chi connectivity index (χ1v) is 5.77. The molecule has 7 heteroatoms. The highest BCUT2D eigenvalue weighted by molar-refractivity contribution is 5.86. The van der Waals surface area contributed by atoms with Crippen molar-refractivity contribution in [3.8, 4) is 0 Å². The molecule has 0 radical (unpaired) electrons. The first-order valence-electron chi connectivity index (χ1n) is 5.77. The molecular weight excluding hydrogens is 240 g/mol. The van der Waals surface area contributed by atoms with E-state index in [0.29, 0.717) is 13.0 Å². The first-order chi connectivity index (χ1) is 8.54. The smallest absolute Gasteiger partial charge is 0.335 e. The van der Waals surface area contributed by atoms with Crippen LogP contribution in [0, 0.1) is 0 Å². The van der Waals surface area contributed by atoms with E-state index in [0.717, 1.165) is 6.42 Å². The number of nitrogens with one attached hydrogen (secondary N) is 1. The summed E-state index contributed by atoms with van der Waals surface area (Å²) in [6.45, 7) is 0.114. The summed E-state index contributed by atoms with van der Waals surface area (Å²) in [4.78, 5) is 35.2. The zero-order chi connectivity index (χ0) is 13.5. The SMILES string of the molecule is CNC(=O)CN(C)C(=O)COC(=O)[C@@H]1CCCO1. The molecule has 102 valence electrons. The van der Waals surface area contributed by atoms with Crippen molar-refractivity contribution in [2.24, 2.45) is 0 Å². The molecule has 1 saturated heterocycles. The maximum atomic E-state index is 11.5. The number of hydrogen-bond donors (Lipinski definition) is 1. The number of nitrogens with zero attached hydrogens (tertiary/aromatic N) is 1. The van der Waals surface area contributed by atoms with E-state index in [2.05, 4.69) is 5.32 Å². The summed E-state index contributed by atoms with van der Waals surface area (Å²) in [5.74, 6) is -1.23. The van der Waals surface area contributed by atoms with Gasteiger partial charge in [0.05, 0.1) is 6.54 Å². The minimum absolute atomic E-state index is 0.0627. The van der Waals surface area contributed by atoms with E-state index in [1.807, 2.05) is 0 Å². The van der Waals surface area contributed by atoms with Crippen LogP contribution in [-0.2, 0) is 23.9 Å². The standard InChI is InChI=1S/C11H18N2O5/c1-12-9(14)6-13(2)10(15)7-18-11(16)8-4-3-5-17-8/h8H,3-7H2,1-2H3,(H,12,14)/t8-/m0/s1. The molecule has 0 spiro atoms. The lowest BCUT2D eigenvalue weighted by atomic mass is 10.2. The molecule has 0 saturated carbocycles. The monoisotopic (exact) mass is 258 g/mol. The molecule has 2 amide bonds. The van der Waals surface area contributed by atoms with Gasteiger partial charge in [-0.3, -0.25) is 9.59 Å². The fourth-order valence-electron chi connectivity index (χ4n) is 1.48. The van der Waals surface area contributed by atoms with E-state index in [1.165, 1.54) is 19.0 Å². The molecule has 0 bridgehead atoms. The number of amides is 2. The van der Waals surface area contributed by atoms with Gasteiger partial charge in [-0.15, -0.1) is 0 Å². The molecule has 1 heterocycles. The number of rotatable bonds is 5. The van der Waals surface area contributed by atoms with Gasteiger partial charge in [0.25, 0.3) is 5.91 Å². The molecule has 0 aromatic carbocycles. The van der Waals surface area contributed by atoms with Crippen LogP contribution in [0.5, 0.6) is 0 Å². The number of carbonyl (C=O) groups excluding carboxylic acids is 3. The highest BCUT2D eigenvalue weighted by atomic mass is 16.6. The molecule has 0 aromatic heterocycles. The van der Waals surface area contributed by atoms with Gasteiger partial charge < -0.3 is 19.7 Å². The van der Waals surface area contributed by atoms with Crippen LogP contribution in [0.3, 0.4) is 0 Å². The van der Waals surface area contributed by atoms with Crippen molar-refractivity contribution in [3.63, 3.8) is 0 Å². The molecule has 0 aliphatic carbocycles. The van der Waals surface area contributed by atoms with Crippen LogP contribution in [0.25, 0.3) is 0 Å². The number of likely N-dealkylation sites (N-methyl/N-ethyl adjacent to an activating group) is 2. The summed E-state index contributed by atoms with van der Waals surface area (Å²) in [5.41, 5.74) is 0. The molecule has 1 rings (SSSR count).